The monoisotopic (exact) mass is 552 g/mol. The molecule has 1 aliphatic heterocycles. The van der Waals surface area contributed by atoms with Crippen molar-refractivity contribution in [3.63, 3.8) is 0 Å². The Morgan fingerprint density at radius 2 is 1.56 bits per heavy atom. The second-order valence-corrected chi connectivity index (χ2v) is 11.6. The molecule has 8 nitrogen and oxygen atoms in total. The molecule has 4 rings (SSSR count). The summed E-state index contributed by atoms with van der Waals surface area (Å²) >= 11 is 0. The summed E-state index contributed by atoms with van der Waals surface area (Å²) < 4.78 is 40.5. The van der Waals surface area contributed by atoms with Crippen molar-refractivity contribution in [1.29, 1.82) is 0 Å². The SMILES string of the molecule is CC(C(=O)NCc1ccncc1)N(Cc1ccc(F)cc1)C(=O)CCc1ccc(S(=O)(=O)N2CCCC2)cc1. The molecule has 10 heteroatoms. The van der Waals surface area contributed by atoms with Crippen molar-refractivity contribution in [1.82, 2.24) is 19.5 Å². The summed E-state index contributed by atoms with van der Waals surface area (Å²) in [6.07, 6.45) is 5.53. The number of benzene rings is 2. The fraction of sp³-hybridized carbons (Fsp3) is 0.345. The Balaban J connectivity index is 1.42. The van der Waals surface area contributed by atoms with Crippen LogP contribution in [0.25, 0.3) is 0 Å². The van der Waals surface area contributed by atoms with Gasteiger partial charge < -0.3 is 10.2 Å². The summed E-state index contributed by atoms with van der Waals surface area (Å²) in [7, 11) is -3.50. The van der Waals surface area contributed by atoms with Crippen LogP contribution in [0.5, 0.6) is 0 Å². The van der Waals surface area contributed by atoms with Gasteiger partial charge in [0.25, 0.3) is 0 Å². The molecule has 1 N–H and O–H groups in total. The molecular formula is C29H33FN4O4S. The number of pyridine rings is 1. The summed E-state index contributed by atoms with van der Waals surface area (Å²) in [4.78, 5) is 32.1. The third-order valence-corrected chi connectivity index (χ3v) is 8.82. The minimum Gasteiger partial charge on any atom is -0.350 e. The van der Waals surface area contributed by atoms with Gasteiger partial charge in [-0.05, 0) is 79.3 Å². The predicted octanol–water partition coefficient (Wildman–Crippen LogP) is 3.67. The van der Waals surface area contributed by atoms with Crippen LogP contribution in [0.15, 0.2) is 78.0 Å². The van der Waals surface area contributed by atoms with Gasteiger partial charge in [-0.2, -0.15) is 4.31 Å². The van der Waals surface area contributed by atoms with E-state index in [1.165, 1.54) is 21.3 Å². The summed E-state index contributed by atoms with van der Waals surface area (Å²) in [6.45, 7) is 3.20. The van der Waals surface area contributed by atoms with Crippen LogP contribution in [0.2, 0.25) is 0 Å². The van der Waals surface area contributed by atoms with Gasteiger partial charge in [0.2, 0.25) is 21.8 Å². The molecule has 0 spiro atoms. The minimum atomic E-state index is -3.50. The fourth-order valence-electron chi connectivity index (χ4n) is 4.51. The van der Waals surface area contributed by atoms with Crippen molar-refractivity contribution in [2.45, 2.75) is 56.6 Å². The van der Waals surface area contributed by atoms with Gasteiger partial charge in [-0.25, -0.2) is 12.8 Å². The molecule has 39 heavy (non-hydrogen) atoms. The quantitative estimate of drug-likeness (QED) is 0.391. The lowest BCUT2D eigenvalue weighted by atomic mass is 10.1. The number of hydrogen-bond donors (Lipinski definition) is 1. The average Bonchev–Trinajstić information content (AvgIpc) is 3.51. The van der Waals surface area contributed by atoms with Gasteiger partial charge in [0.15, 0.2) is 0 Å². The molecule has 1 atom stereocenters. The first-order valence-corrected chi connectivity index (χ1v) is 14.5. The number of aromatic nitrogens is 1. The lowest BCUT2D eigenvalue weighted by Gasteiger charge is -2.29. The van der Waals surface area contributed by atoms with Crippen LogP contribution in [0.4, 0.5) is 4.39 Å². The van der Waals surface area contributed by atoms with E-state index in [1.54, 1.807) is 67.8 Å². The highest BCUT2D eigenvalue weighted by molar-refractivity contribution is 7.89. The van der Waals surface area contributed by atoms with E-state index in [2.05, 4.69) is 10.3 Å². The van der Waals surface area contributed by atoms with Crippen LogP contribution in [-0.4, -0.2) is 53.6 Å². The van der Waals surface area contributed by atoms with E-state index in [0.717, 1.165) is 24.0 Å². The largest absolute Gasteiger partial charge is 0.350 e. The molecule has 1 aliphatic rings. The Labute approximate surface area is 228 Å². The molecule has 2 amide bonds. The van der Waals surface area contributed by atoms with Crippen LogP contribution in [0.1, 0.15) is 42.9 Å². The number of carbonyl (C=O) groups excluding carboxylic acids is 2. The van der Waals surface area contributed by atoms with Crippen molar-refractivity contribution < 1.29 is 22.4 Å². The third-order valence-electron chi connectivity index (χ3n) is 6.90. The van der Waals surface area contributed by atoms with E-state index in [4.69, 9.17) is 0 Å². The molecule has 1 aromatic heterocycles. The van der Waals surface area contributed by atoms with Crippen LogP contribution >= 0.6 is 0 Å². The van der Waals surface area contributed by atoms with Crippen molar-refractivity contribution >= 4 is 21.8 Å². The highest BCUT2D eigenvalue weighted by Crippen LogP contribution is 2.22. The standard InChI is InChI=1S/C29H33FN4O4S/c1-22(29(36)32-20-24-14-16-31-17-15-24)34(21-25-4-9-26(30)10-5-25)28(35)13-8-23-6-11-27(12-7-23)39(37,38)33-18-2-3-19-33/h4-7,9-12,14-17,22H,2-3,8,13,18-21H2,1H3,(H,32,36). The zero-order valence-corrected chi connectivity index (χ0v) is 22.7. The molecule has 0 saturated carbocycles. The topological polar surface area (TPSA) is 99.7 Å². The second kappa shape index (κ2) is 12.9. The Bertz CT molecular complexity index is 1360. The Hall–Kier alpha value is -3.63. The first kappa shape index (κ1) is 28.4. The summed E-state index contributed by atoms with van der Waals surface area (Å²) in [5.74, 6) is -0.923. The molecule has 1 unspecified atom stereocenters. The maximum Gasteiger partial charge on any atom is 0.243 e. The number of nitrogens with zero attached hydrogens (tertiary/aromatic N) is 3. The first-order chi connectivity index (χ1) is 18.7. The number of rotatable bonds is 11. The number of sulfonamides is 1. The van der Waals surface area contributed by atoms with Gasteiger partial charge in [0.1, 0.15) is 11.9 Å². The van der Waals surface area contributed by atoms with Crippen LogP contribution in [-0.2, 0) is 39.1 Å². The summed E-state index contributed by atoms with van der Waals surface area (Å²) in [6, 6.07) is 15.3. The van der Waals surface area contributed by atoms with Crippen LogP contribution in [0, 0.1) is 5.82 Å². The van der Waals surface area contributed by atoms with Gasteiger partial charge in [0.05, 0.1) is 4.90 Å². The van der Waals surface area contributed by atoms with Gasteiger partial charge in [-0.3, -0.25) is 14.6 Å². The molecule has 0 aliphatic carbocycles. The van der Waals surface area contributed by atoms with Crippen molar-refractivity contribution in [3.05, 3.63) is 95.6 Å². The maximum atomic E-state index is 13.4. The third kappa shape index (κ3) is 7.48. The van der Waals surface area contributed by atoms with Crippen LogP contribution < -0.4 is 5.32 Å². The van der Waals surface area contributed by atoms with Gasteiger partial charge >= 0.3 is 0 Å². The van der Waals surface area contributed by atoms with E-state index in [1.807, 2.05) is 0 Å². The van der Waals surface area contributed by atoms with E-state index in [0.29, 0.717) is 31.6 Å². The second-order valence-electron chi connectivity index (χ2n) is 9.65. The average molecular weight is 553 g/mol. The molecule has 206 valence electrons. The minimum absolute atomic E-state index is 0.126. The zero-order valence-electron chi connectivity index (χ0n) is 21.9. The van der Waals surface area contributed by atoms with Crippen molar-refractivity contribution in [3.8, 4) is 0 Å². The van der Waals surface area contributed by atoms with Gasteiger partial charge in [-0.1, -0.05) is 24.3 Å². The Morgan fingerprint density at radius 3 is 2.21 bits per heavy atom. The molecule has 0 bridgehead atoms. The normalized spacial score (nSPS) is 14.6. The van der Waals surface area contributed by atoms with Crippen molar-refractivity contribution in [2.75, 3.05) is 13.1 Å². The lowest BCUT2D eigenvalue weighted by Crippen LogP contribution is -2.47. The highest BCUT2D eigenvalue weighted by Gasteiger charge is 2.28. The smallest absolute Gasteiger partial charge is 0.243 e. The maximum absolute atomic E-state index is 13.4. The number of hydrogen-bond acceptors (Lipinski definition) is 5. The van der Waals surface area contributed by atoms with E-state index >= 15 is 0 Å². The molecule has 2 heterocycles. The fourth-order valence-corrected chi connectivity index (χ4v) is 6.02. The first-order valence-electron chi connectivity index (χ1n) is 13.0. The molecule has 0 radical (unpaired) electrons. The molecular weight excluding hydrogens is 519 g/mol. The number of nitrogens with one attached hydrogen (secondary N) is 1. The predicted molar refractivity (Wildman–Crippen MR) is 145 cm³/mol. The number of carbonyl (C=O) groups is 2. The zero-order chi connectivity index (χ0) is 27.8. The summed E-state index contributed by atoms with van der Waals surface area (Å²) in [5, 5.41) is 2.86. The van der Waals surface area contributed by atoms with Crippen LogP contribution in [0.3, 0.4) is 0 Å². The lowest BCUT2D eigenvalue weighted by molar-refractivity contribution is -0.140. The number of halogens is 1. The Morgan fingerprint density at radius 1 is 0.949 bits per heavy atom. The van der Waals surface area contributed by atoms with E-state index in [9.17, 15) is 22.4 Å². The van der Waals surface area contributed by atoms with Gasteiger partial charge in [-0.15, -0.1) is 0 Å². The Kier molecular flexibility index (Phi) is 9.42. The van der Waals surface area contributed by atoms with Crippen molar-refractivity contribution in [2.24, 2.45) is 0 Å². The molecule has 3 aromatic rings. The number of aryl methyl sites for hydroxylation is 1. The number of amides is 2. The molecule has 1 saturated heterocycles. The summed E-state index contributed by atoms with van der Waals surface area (Å²) in [5.41, 5.74) is 2.41. The highest BCUT2D eigenvalue weighted by atomic mass is 32.2. The molecule has 1 fully saturated rings. The molecule has 2 aromatic carbocycles. The van der Waals surface area contributed by atoms with Gasteiger partial charge in [0, 0.05) is 45.0 Å². The van der Waals surface area contributed by atoms with E-state index < -0.39 is 16.1 Å². The van der Waals surface area contributed by atoms with E-state index in [-0.39, 0.29) is 35.5 Å².